The molecular formula is C14H18ClF2N5O. The highest BCUT2D eigenvalue weighted by molar-refractivity contribution is 6.31. The number of amides is 1. The number of nitrogens with one attached hydrogen (secondary N) is 1. The van der Waals surface area contributed by atoms with Gasteiger partial charge in [-0.15, -0.1) is 0 Å². The lowest BCUT2D eigenvalue weighted by molar-refractivity contribution is -0.121. The van der Waals surface area contributed by atoms with E-state index in [4.69, 9.17) is 11.6 Å². The van der Waals surface area contributed by atoms with Gasteiger partial charge in [0.05, 0.1) is 10.7 Å². The molecule has 0 bridgehead atoms. The molecule has 0 aromatic carbocycles. The summed E-state index contributed by atoms with van der Waals surface area (Å²) < 4.78 is 28.1. The van der Waals surface area contributed by atoms with Crippen LogP contribution in [0.15, 0.2) is 12.3 Å². The molecule has 2 aromatic rings. The van der Waals surface area contributed by atoms with Gasteiger partial charge in [0.15, 0.2) is 0 Å². The van der Waals surface area contributed by atoms with Crippen LogP contribution in [0.1, 0.15) is 29.9 Å². The van der Waals surface area contributed by atoms with E-state index in [-0.39, 0.29) is 18.1 Å². The fourth-order valence-corrected chi connectivity index (χ4v) is 2.22. The smallest absolute Gasteiger partial charge is 0.282 e. The van der Waals surface area contributed by atoms with Gasteiger partial charge in [0.2, 0.25) is 5.91 Å². The molecule has 0 unspecified atom stereocenters. The number of carbonyl (C=O) groups is 1. The zero-order chi connectivity index (χ0) is 17.0. The SMILES string of the molecule is Cc1nn(CCCNC(=O)Cn2nc(C(F)F)cc2C)cc1Cl. The van der Waals surface area contributed by atoms with Crippen LogP contribution in [0.25, 0.3) is 0 Å². The maximum Gasteiger partial charge on any atom is 0.282 e. The lowest BCUT2D eigenvalue weighted by Gasteiger charge is -2.07. The molecule has 2 aromatic heterocycles. The zero-order valence-corrected chi connectivity index (χ0v) is 13.6. The summed E-state index contributed by atoms with van der Waals surface area (Å²) in [5.41, 5.74) is 0.970. The van der Waals surface area contributed by atoms with E-state index in [9.17, 15) is 13.6 Å². The van der Waals surface area contributed by atoms with Gasteiger partial charge in [0.1, 0.15) is 12.2 Å². The second-order valence-corrected chi connectivity index (χ2v) is 5.61. The van der Waals surface area contributed by atoms with Gasteiger partial charge in [-0.1, -0.05) is 11.6 Å². The minimum Gasteiger partial charge on any atom is -0.354 e. The molecule has 0 saturated heterocycles. The molecule has 23 heavy (non-hydrogen) atoms. The molecule has 2 rings (SSSR count). The number of rotatable bonds is 7. The Morgan fingerprint density at radius 2 is 2.13 bits per heavy atom. The first kappa shape index (κ1) is 17.4. The van der Waals surface area contributed by atoms with Crippen LogP contribution in [0, 0.1) is 13.8 Å². The minimum atomic E-state index is -2.64. The first-order valence-electron chi connectivity index (χ1n) is 7.15. The quantitative estimate of drug-likeness (QED) is 0.784. The van der Waals surface area contributed by atoms with Crippen molar-refractivity contribution in [1.82, 2.24) is 24.9 Å². The molecule has 0 fully saturated rings. The Bertz CT molecular complexity index is 663. The average Bonchev–Trinajstić information content (AvgIpc) is 2.99. The largest absolute Gasteiger partial charge is 0.354 e. The summed E-state index contributed by atoms with van der Waals surface area (Å²) in [5.74, 6) is -0.272. The highest BCUT2D eigenvalue weighted by atomic mass is 35.5. The van der Waals surface area contributed by atoms with Gasteiger partial charge in [-0.05, 0) is 26.3 Å². The maximum atomic E-state index is 12.5. The van der Waals surface area contributed by atoms with E-state index in [1.54, 1.807) is 17.8 Å². The molecule has 1 amide bonds. The fraction of sp³-hybridized carbons (Fsp3) is 0.500. The lowest BCUT2D eigenvalue weighted by atomic mass is 10.4. The number of hydrogen-bond acceptors (Lipinski definition) is 3. The molecule has 0 aliphatic carbocycles. The monoisotopic (exact) mass is 345 g/mol. The highest BCUT2D eigenvalue weighted by Crippen LogP contribution is 2.17. The molecule has 0 spiro atoms. The van der Waals surface area contributed by atoms with Crippen molar-refractivity contribution in [1.29, 1.82) is 0 Å². The van der Waals surface area contributed by atoms with E-state index in [0.717, 1.165) is 5.69 Å². The molecule has 6 nitrogen and oxygen atoms in total. The summed E-state index contributed by atoms with van der Waals surface area (Å²) in [7, 11) is 0. The van der Waals surface area contributed by atoms with Crippen LogP contribution in [0.5, 0.6) is 0 Å². The second kappa shape index (κ2) is 7.54. The molecule has 1 N–H and O–H groups in total. The Balaban J connectivity index is 1.75. The molecule has 0 atom stereocenters. The van der Waals surface area contributed by atoms with E-state index in [2.05, 4.69) is 15.5 Å². The Morgan fingerprint density at radius 3 is 2.70 bits per heavy atom. The lowest BCUT2D eigenvalue weighted by Crippen LogP contribution is -2.29. The summed E-state index contributed by atoms with van der Waals surface area (Å²) in [6, 6.07) is 1.28. The van der Waals surface area contributed by atoms with Crippen molar-refractivity contribution in [2.45, 2.75) is 39.8 Å². The van der Waals surface area contributed by atoms with E-state index >= 15 is 0 Å². The van der Waals surface area contributed by atoms with E-state index in [0.29, 0.717) is 30.2 Å². The van der Waals surface area contributed by atoms with Crippen LogP contribution in [-0.2, 0) is 17.9 Å². The third kappa shape index (κ3) is 4.75. The van der Waals surface area contributed by atoms with Crippen molar-refractivity contribution in [2.75, 3.05) is 6.54 Å². The third-order valence-electron chi connectivity index (χ3n) is 3.29. The zero-order valence-electron chi connectivity index (χ0n) is 12.9. The topological polar surface area (TPSA) is 64.7 Å². The number of carbonyl (C=O) groups excluding carboxylic acids is 1. The normalized spacial score (nSPS) is 11.2. The van der Waals surface area contributed by atoms with Gasteiger partial charge in [-0.25, -0.2) is 8.78 Å². The second-order valence-electron chi connectivity index (χ2n) is 5.20. The summed E-state index contributed by atoms with van der Waals surface area (Å²) in [4.78, 5) is 11.8. The Hall–Kier alpha value is -1.96. The van der Waals surface area contributed by atoms with Crippen molar-refractivity contribution >= 4 is 17.5 Å². The Labute approximate surface area is 137 Å². The fourth-order valence-electron chi connectivity index (χ4n) is 2.07. The summed E-state index contributed by atoms with van der Waals surface area (Å²) >= 11 is 5.91. The number of aryl methyl sites for hydroxylation is 3. The maximum absolute atomic E-state index is 12.5. The van der Waals surface area contributed by atoms with Crippen LogP contribution in [0.2, 0.25) is 5.02 Å². The molecule has 0 aliphatic rings. The highest BCUT2D eigenvalue weighted by Gasteiger charge is 2.14. The van der Waals surface area contributed by atoms with Crippen LogP contribution in [-0.4, -0.2) is 32.0 Å². The standard InChI is InChI=1S/C14H18ClF2N5O/c1-9-6-12(14(16)17)20-22(9)8-13(23)18-4-3-5-21-7-11(15)10(2)19-21/h6-7,14H,3-5,8H2,1-2H3,(H,18,23). The minimum absolute atomic E-state index is 0.0781. The van der Waals surface area contributed by atoms with Crippen molar-refractivity contribution in [3.8, 4) is 0 Å². The van der Waals surface area contributed by atoms with E-state index in [1.807, 2.05) is 6.92 Å². The van der Waals surface area contributed by atoms with Crippen molar-refractivity contribution < 1.29 is 13.6 Å². The summed E-state index contributed by atoms with van der Waals surface area (Å²) in [6.45, 7) is 4.46. The number of halogens is 3. The van der Waals surface area contributed by atoms with Gasteiger partial charge in [-0.2, -0.15) is 10.2 Å². The van der Waals surface area contributed by atoms with Gasteiger partial charge in [0, 0.05) is 25.0 Å². The first-order valence-corrected chi connectivity index (χ1v) is 7.53. The Morgan fingerprint density at radius 1 is 1.39 bits per heavy atom. The summed E-state index contributed by atoms with van der Waals surface area (Å²) in [5, 5.41) is 11.3. The van der Waals surface area contributed by atoms with Crippen LogP contribution < -0.4 is 5.32 Å². The molecular weight excluding hydrogens is 328 g/mol. The molecule has 0 radical (unpaired) electrons. The van der Waals surface area contributed by atoms with Gasteiger partial charge < -0.3 is 5.32 Å². The van der Waals surface area contributed by atoms with Crippen molar-refractivity contribution in [3.63, 3.8) is 0 Å². The predicted molar refractivity (Wildman–Crippen MR) is 81.5 cm³/mol. The van der Waals surface area contributed by atoms with Crippen molar-refractivity contribution in [2.24, 2.45) is 0 Å². The predicted octanol–water partition coefficient (Wildman–Crippen LogP) is 2.49. The molecule has 9 heteroatoms. The number of hydrogen-bond donors (Lipinski definition) is 1. The van der Waals surface area contributed by atoms with Gasteiger partial charge in [0.25, 0.3) is 6.43 Å². The third-order valence-corrected chi connectivity index (χ3v) is 3.66. The van der Waals surface area contributed by atoms with Crippen LogP contribution in [0.4, 0.5) is 8.78 Å². The van der Waals surface area contributed by atoms with Crippen molar-refractivity contribution in [3.05, 3.63) is 34.4 Å². The molecule has 2 heterocycles. The average molecular weight is 346 g/mol. The van der Waals surface area contributed by atoms with E-state index in [1.165, 1.54) is 10.7 Å². The molecule has 126 valence electrons. The molecule has 0 aliphatic heterocycles. The Kier molecular flexibility index (Phi) is 5.70. The summed E-state index contributed by atoms with van der Waals surface area (Å²) in [6.07, 6.45) is -0.219. The first-order chi connectivity index (χ1) is 10.9. The van der Waals surface area contributed by atoms with Crippen LogP contribution in [0.3, 0.4) is 0 Å². The number of nitrogens with zero attached hydrogens (tertiary/aromatic N) is 4. The van der Waals surface area contributed by atoms with Gasteiger partial charge in [-0.3, -0.25) is 14.2 Å². The number of alkyl halides is 2. The molecule has 0 saturated carbocycles. The van der Waals surface area contributed by atoms with Gasteiger partial charge >= 0.3 is 0 Å². The van der Waals surface area contributed by atoms with E-state index < -0.39 is 6.43 Å². The van der Waals surface area contributed by atoms with Crippen LogP contribution >= 0.6 is 11.6 Å². The number of aromatic nitrogens is 4.